The lowest BCUT2D eigenvalue weighted by Gasteiger charge is -1.90. The average Bonchev–Trinajstić information content (AvgIpc) is 2.58. The predicted octanol–water partition coefficient (Wildman–Crippen LogP) is 1.72. The Bertz CT molecular complexity index is 537. The number of fused-ring (bicyclic) bond motifs is 1. The molecule has 2 aromatic rings. The van der Waals surface area contributed by atoms with Crippen molar-refractivity contribution in [1.82, 2.24) is 9.97 Å². The zero-order valence-corrected chi connectivity index (χ0v) is 7.83. The standard InChI is InChI=1S/C10H10N2O2/c1-3-6-5-8-10(14-6)12-9(13)7(4-2)11-8/h4-5H,2-3H2,1H3,(H,12,13). The van der Waals surface area contributed by atoms with E-state index in [2.05, 4.69) is 16.5 Å². The van der Waals surface area contributed by atoms with E-state index in [1.54, 1.807) is 0 Å². The molecule has 14 heavy (non-hydrogen) atoms. The predicted molar refractivity (Wildman–Crippen MR) is 54.1 cm³/mol. The molecule has 0 aliphatic rings. The molecule has 0 aliphatic carbocycles. The molecule has 72 valence electrons. The number of H-pyrrole nitrogens is 1. The minimum absolute atomic E-state index is 0.274. The maximum atomic E-state index is 11.3. The largest absolute Gasteiger partial charge is 0.443 e. The van der Waals surface area contributed by atoms with E-state index in [0.29, 0.717) is 16.9 Å². The van der Waals surface area contributed by atoms with Crippen molar-refractivity contribution in [2.75, 3.05) is 0 Å². The van der Waals surface area contributed by atoms with Crippen LogP contribution in [-0.2, 0) is 6.42 Å². The summed E-state index contributed by atoms with van der Waals surface area (Å²) in [6, 6.07) is 1.82. The molecular formula is C10H10N2O2. The Balaban J connectivity index is 2.76. The van der Waals surface area contributed by atoms with E-state index in [9.17, 15) is 4.79 Å². The zero-order valence-electron chi connectivity index (χ0n) is 7.83. The fourth-order valence-electron chi connectivity index (χ4n) is 1.26. The summed E-state index contributed by atoms with van der Waals surface area (Å²) in [7, 11) is 0. The van der Waals surface area contributed by atoms with Gasteiger partial charge in [0.1, 0.15) is 17.0 Å². The van der Waals surface area contributed by atoms with Crippen LogP contribution in [0.5, 0.6) is 0 Å². The summed E-state index contributed by atoms with van der Waals surface area (Å²) >= 11 is 0. The number of furan rings is 1. The van der Waals surface area contributed by atoms with Crippen molar-refractivity contribution in [1.29, 1.82) is 0 Å². The van der Waals surface area contributed by atoms with E-state index >= 15 is 0 Å². The van der Waals surface area contributed by atoms with Gasteiger partial charge in [0.2, 0.25) is 5.71 Å². The molecule has 0 saturated heterocycles. The minimum atomic E-state index is -0.274. The molecule has 2 aromatic heterocycles. The van der Waals surface area contributed by atoms with Crippen molar-refractivity contribution in [2.45, 2.75) is 13.3 Å². The van der Waals surface area contributed by atoms with Gasteiger partial charge in [0.05, 0.1) is 0 Å². The summed E-state index contributed by atoms with van der Waals surface area (Å²) in [4.78, 5) is 18.0. The Kier molecular flexibility index (Phi) is 1.96. The molecule has 0 bridgehead atoms. The van der Waals surface area contributed by atoms with Crippen molar-refractivity contribution in [2.24, 2.45) is 0 Å². The molecular weight excluding hydrogens is 180 g/mol. The molecule has 4 heteroatoms. The maximum absolute atomic E-state index is 11.3. The number of aromatic amines is 1. The van der Waals surface area contributed by atoms with Crippen LogP contribution in [0, 0.1) is 0 Å². The second-order valence-corrected chi connectivity index (χ2v) is 2.94. The Morgan fingerprint density at radius 2 is 2.50 bits per heavy atom. The van der Waals surface area contributed by atoms with Crippen molar-refractivity contribution >= 4 is 17.3 Å². The van der Waals surface area contributed by atoms with Gasteiger partial charge in [-0.05, 0) is 6.08 Å². The molecule has 0 aliphatic heterocycles. The van der Waals surface area contributed by atoms with Gasteiger partial charge in [0.25, 0.3) is 5.56 Å². The van der Waals surface area contributed by atoms with Gasteiger partial charge in [-0.15, -0.1) is 0 Å². The van der Waals surface area contributed by atoms with Crippen LogP contribution in [0.15, 0.2) is 21.9 Å². The quantitative estimate of drug-likeness (QED) is 0.784. The first-order chi connectivity index (χ1) is 6.74. The van der Waals surface area contributed by atoms with Gasteiger partial charge in [0.15, 0.2) is 0 Å². The van der Waals surface area contributed by atoms with E-state index in [0.717, 1.165) is 12.2 Å². The van der Waals surface area contributed by atoms with E-state index in [-0.39, 0.29) is 5.56 Å². The highest BCUT2D eigenvalue weighted by molar-refractivity contribution is 5.70. The van der Waals surface area contributed by atoms with Crippen LogP contribution in [0.1, 0.15) is 18.4 Å². The average molecular weight is 190 g/mol. The maximum Gasteiger partial charge on any atom is 0.276 e. The third kappa shape index (κ3) is 1.25. The Labute approximate surface area is 80.3 Å². The summed E-state index contributed by atoms with van der Waals surface area (Å²) in [5, 5.41) is 0. The first kappa shape index (κ1) is 8.74. The normalized spacial score (nSPS) is 10.6. The van der Waals surface area contributed by atoms with Gasteiger partial charge in [-0.1, -0.05) is 13.5 Å². The zero-order chi connectivity index (χ0) is 10.1. The van der Waals surface area contributed by atoms with Gasteiger partial charge in [-0.2, -0.15) is 0 Å². The number of hydrogen-bond donors (Lipinski definition) is 1. The molecule has 0 unspecified atom stereocenters. The van der Waals surface area contributed by atoms with Crippen molar-refractivity contribution in [3.8, 4) is 0 Å². The van der Waals surface area contributed by atoms with Crippen LogP contribution in [-0.4, -0.2) is 9.97 Å². The van der Waals surface area contributed by atoms with E-state index in [1.807, 2.05) is 13.0 Å². The summed E-state index contributed by atoms with van der Waals surface area (Å²) in [6.07, 6.45) is 2.21. The van der Waals surface area contributed by atoms with Gasteiger partial charge in [0, 0.05) is 12.5 Å². The number of hydrogen-bond acceptors (Lipinski definition) is 3. The topological polar surface area (TPSA) is 58.9 Å². The minimum Gasteiger partial charge on any atom is -0.443 e. The summed E-state index contributed by atoms with van der Waals surface area (Å²) in [5.74, 6) is 0.810. The number of aromatic nitrogens is 2. The first-order valence-corrected chi connectivity index (χ1v) is 4.39. The smallest absolute Gasteiger partial charge is 0.276 e. The fraction of sp³-hybridized carbons (Fsp3) is 0.200. The highest BCUT2D eigenvalue weighted by Gasteiger charge is 2.06. The second-order valence-electron chi connectivity index (χ2n) is 2.94. The molecule has 4 nitrogen and oxygen atoms in total. The molecule has 2 heterocycles. The highest BCUT2D eigenvalue weighted by Crippen LogP contribution is 2.14. The van der Waals surface area contributed by atoms with Gasteiger partial charge in [-0.3, -0.25) is 9.78 Å². The molecule has 0 amide bonds. The Morgan fingerprint density at radius 3 is 3.14 bits per heavy atom. The van der Waals surface area contributed by atoms with Crippen LogP contribution >= 0.6 is 0 Å². The van der Waals surface area contributed by atoms with Crippen LogP contribution in [0.3, 0.4) is 0 Å². The summed E-state index contributed by atoms with van der Waals surface area (Å²) in [5.41, 5.74) is 1.14. The van der Waals surface area contributed by atoms with Gasteiger partial charge in [-0.25, -0.2) is 4.98 Å². The van der Waals surface area contributed by atoms with Crippen molar-refractivity contribution in [3.05, 3.63) is 34.5 Å². The molecule has 0 spiro atoms. The number of nitrogens with zero attached hydrogens (tertiary/aromatic N) is 1. The Hall–Kier alpha value is -1.84. The number of nitrogens with one attached hydrogen (secondary N) is 1. The molecule has 0 fully saturated rings. The lowest BCUT2D eigenvalue weighted by atomic mass is 10.3. The highest BCUT2D eigenvalue weighted by atomic mass is 16.3. The number of rotatable bonds is 2. The molecule has 0 aromatic carbocycles. The molecule has 1 N–H and O–H groups in total. The third-order valence-corrected chi connectivity index (χ3v) is 2.01. The van der Waals surface area contributed by atoms with Crippen molar-refractivity contribution in [3.63, 3.8) is 0 Å². The van der Waals surface area contributed by atoms with Crippen LogP contribution in [0.4, 0.5) is 0 Å². The summed E-state index contributed by atoms with van der Waals surface area (Å²) in [6.45, 7) is 5.49. The summed E-state index contributed by atoms with van der Waals surface area (Å²) < 4.78 is 5.35. The SMILES string of the molecule is C=Cc1nc2cc(CC)oc2[nH]c1=O. The molecule has 0 atom stereocenters. The lowest BCUT2D eigenvalue weighted by Crippen LogP contribution is -2.10. The van der Waals surface area contributed by atoms with Crippen LogP contribution in [0.25, 0.3) is 17.3 Å². The molecule has 0 radical (unpaired) electrons. The van der Waals surface area contributed by atoms with Gasteiger partial charge < -0.3 is 4.42 Å². The Morgan fingerprint density at radius 1 is 1.71 bits per heavy atom. The molecule has 2 rings (SSSR count). The lowest BCUT2D eigenvalue weighted by molar-refractivity contribution is 0.546. The second kappa shape index (κ2) is 3.14. The monoisotopic (exact) mass is 190 g/mol. The number of aryl methyl sites for hydroxylation is 1. The van der Waals surface area contributed by atoms with Crippen LogP contribution < -0.4 is 5.56 Å². The van der Waals surface area contributed by atoms with E-state index in [1.165, 1.54) is 6.08 Å². The van der Waals surface area contributed by atoms with Crippen LogP contribution in [0.2, 0.25) is 0 Å². The third-order valence-electron chi connectivity index (χ3n) is 2.01. The first-order valence-electron chi connectivity index (χ1n) is 4.39. The molecule has 0 saturated carbocycles. The van der Waals surface area contributed by atoms with E-state index in [4.69, 9.17) is 4.42 Å². The van der Waals surface area contributed by atoms with Gasteiger partial charge >= 0.3 is 0 Å². The van der Waals surface area contributed by atoms with E-state index < -0.39 is 0 Å². The van der Waals surface area contributed by atoms with Crippen molar-refractivity contribution < 1.29 is 4.42 Å². The fourth-order valence-corrected chi connectivity index (χ4v) is 1.26.